The fraction of sp³-hybridized carbons (Fsp3) is 0.0980. The lowest BCUT2D eigenvalue weighted by Crippen LogP contribution is -2.58. The van der Waals surface area contributed by atoms with Gasteiger partial charge in [-0.3, -0.25) is 0 Å². The Kier molecular flexibility index (Phi) is 8.35. The van der Waals surface area contributed by atoms with Gasteiger partial charge in [0, 0.05) is 51.4 Å². The standard InChI is InChI=1S/C51H43BN2O2Si/c1-34-16-14-22-38(28-34)53(39-23-15-17-35(2)29-39)40-26-27-44-46(30-40)55-47-31-41(57(3,4)5)32-48-51(47)52(44)50-43-25-13-12-24-42(43)45(33-49(50)56-48)54(36-18-8-6-9-19-36)37-20-10-7-11-21-37/h6-33H,1-5H3. The van der Waals surface area contributed by atoms with E-state index in [1.54, 1.807) is 0 Å². The van der Waals surface area contributed by atoms with Gasteiger partial charge in [0.05, 0.1) is 13.8 Å². The van der Waals surface area contributed by atoms with Crippen LogP contribution < -0.4 is 40.8 Å². The summed E-state index contributed by atoms with van der Waals surface area (Å²) in [5.41, 5.74) is 12.3. The molecular weight excluding hydrogens is 711 g/mol. The molecule has 0 aromatic heterocycles. The summed E-state index contributed by atoms with van der Waals surface area (Å²) in [7, 11) is -1.79. The van der Waals surface area contributed by atoms with Crippen LogP contribution in [0.5, 0.6) is 23.0 Å². The number of anilines is 6. The van der Waals surface area contributed by atoms with Gasteiger partial charge in [-0.25, -0.2) is 0 Å². The van der Waals surface area contributed by atoms with E-state index in [1.165, 1.54) is 16.3 Å². The van der Waals surface area contributed by atoms with Gasteiger partial charge in [0.25, 0.3) is 6.71 Å². The van der Waals surface area contributed by atoms with E-state index < -0.39 is 8.07 Å². The summed E-state index contributed by atoms with van der Waals surface area (Å²) in [6, 6.07) is 61.1. The number of aryl methyl sites for hydroxylation is 2. The maximum Gasteiger partial charge on any atom is 0.261 e. The van der Waals surface area contributed by atoms with Crippen LogP contribution in [-0.4, -0.2) is 14.8 Å². The Labute approximate surface area is 336 Å². The fourth-order valence-corrected chi connectivity index (χ4v) is 9.78. The highest BCUT2D eigenvalue weighted by Gasteiger charge is 2.43. The van der Waals surface area contributed by atoms with Crippen LogP contribution in [-0.2, 0) is 0 Å². The van der Waals surface area contributed by atoms with Crippen LogP contribution in [0.3, 0.4) is 0 Å². The molecule has 0 saturated carbocycles. The first-order chi connectivity index (χ1) is 27.7. The van der Waals surface area contributed by atoms with Crippen molar-refractivity contribution >= 4 is 81.3 Å². The summed E-state index contributed by atoms with van der Waals surface area (Å²) in [6.07, 6.45) is 0. The average Bonchev–Trinajstić information content (AvgIpc) is 3.21. The van der Waals surface area contributed by atoms with Gasteiger partial charge >= 0.3 is 0 Å². The minimum Gasteiger partial charge on any atom is -0.458 e. The molecule has 0 bridgehead atoms. The summed E-state index contributed by atoms with van der Waals surface area (Å²) in [5.74, 6) is 3.50. The molecule has 2 heterocycles. The van der Waals surface area contributed by atoms with Gasteiger partial charge in [0.2, 0.25) is 0 Å². The number of hydrogen-bond donors (Lipinski definition) is 0. The third-order valence-corrected chi connectivity index (χ3v) is 13.4. The number of hydrogen-bond acceptors (Lipinski definition) is 4. The summed E-state index contributed by atoms with van der Waals surface area (Å²) in [4.78, 5) is 4.69. The number of benzene rings is 8. The van der Waals surface area contributed by atoms with Crippen LogP contribution in [0.4, 0.5) is 34.1 Å². The van der Waals surface area contributed by atoms with Gasteiger partial charge in [0.1, 0.15) is 23.0 Å². The van der Waals surface area contributed by atoms with Crippen molar-refractivity contribution in [2.45, 2.75) is 33.5 Å². The quantitative estimate of drug-likeness (QED) is 0.151. The van der Waals surface area contributed by atoms with Gasteiger partial charge in [-0.2, -0.15) is 0 Å². The van der Waals surface area contributed by atoms with E-state index in [1.807, 2.05) is 0 Å². The SMILES string of the molecule is Cc1cccc(N(c2cccc(C)c2)c2ccc3c(c2)Oc2cc([Si](C)(C)C)cc4c2B3c2c(cc(N(c3ccccc3)c3ccccc3)c3ccccc23)O4)c1. The minimum absolute atomic E-state index is 0.0977. The maximum absolute atomic E-state index is 7.15. The molecule has 0 unspecified atom stereocenters. The first-order valence-electron chi connectivity index (χ1n) is 19.8. The van der Waals surface area contributed by atoms with E-state index >= 15 is 0 Å². The fourth-order valence-electron chi connectivity index (χ4n) is 8.65. The molecule has 0 radical (unpaired) electrons. The molecule has 0 atom stereocenters. The highest BCUT2D eigenvalue weighted by molar-refractivity contribution is 7.00. The third-order valence-electron chi connectivity index (χ3n) is 11.4. The lowest BCUT2D eigenvalue weighted by molar-refractivity contribution is 0.465. The van der Waals surface area contributed by atoms with Gasteiger partial charge in [-0.05, 0) is 108 Å². The van der Waals surface area contributed by atoms with E-state index in [-0.39, 0.29) is 6.71 Å². The van der Waals surface area contributed by atoms with Crippen molar-refractivity contribution in [3.8, 4) is 23.0 Å². The number of para-hydroxylation sites is 2. The van der Waals surface area contributed by atoms with Gasteiger partial charge in [0.15, 0.2) is 0 Å². The van der Waals surface area contributed by atoms with E-state index in [9.17, 15) is 0 Å². The molecule has 8 aromatic carbocycles. The molecule has 0 N–H and O–H groups in total. The van der Waals surface area contributed by atoms with E-state index in [2.05, 4.69) is 213 Å². The average molecular weight is 755 g/mol. The predicted molar refractivity (Wildman–Crippen MR) is 243 cm³/mol. The second-order valence-corrected chi connectivity index (χ2v) is 21.4. The Morgan fingerprint density at radius 2 is 0.930 bits per heavy atom. The largest absolute Gasteiger partial charge is 0.458 e. The van der Waals surface area contributed by atoms with Crippen LogP contribution in [0.1, 0.15) is 11.1 Å². The monoisotopic (exact) mass is 754 g/mol. The number of rotatable bonds is 7. The second kappa shape index (κ2) is 13.6. The number of ether oxygens (including phenoxy) is 2. The summed E-state index contributed by atoms with van der Waals surface area (Å²) < 4.78 is 14.2. The maximum atomic E-state index is 7.15. The van der Waals surface area contributed by atoms with Crippen LogP contribution in [0.15, 0.2) is 170 Å². The molecule has 0 fully saturated rings. The summed E-state index contributed by atoms with van der Waals surface area (Å²) in [6.45, 7) is 11.4. The molecule has 57 heavy (non-hydrogen) atoms. The van der Waals surface area contributed by atoms with Gasteiger partial charge < -0.3 is 19.3 Å². The Bertz CT molecular complexity index is 2750. The molecule has 0 spiro atoms. The van der Waals surface area contributed by atoms with E-state index in [0.717, 1.165) is 84.3 Å². The smallest absolute Gasteiger partial charge is 0.261 e. The highest BCUT2D eigenvalue weighted by atomic mass is 28.3. The van der Waals surface area contributed by atoms with Crippen molar-refractivity contribution < 1.29 is 9.47 Å². The molecule has 6 heteroatoms. The zero-order valence-electron chi connectivity index (χ0n) is 33.0. The molecular formula is C51H43BN2O2Si. The number of fused-ring (bicyclic) bond motifs is 6. The van der Waals surface area contributed by atoms with Crippen molar-refractivity contribution in [1.82, 2.24) is 0 Å². The Morgan fingerprint density at radius 1 is 0.421 bits per heavy atom. The lowest BCUT2D eigenvalue weighted by atomic mass is 9.34. The van der Waals surface area contributed by atoms with E-state index in [0.29, 0.717) is 0 Å². The van der Waals surface area contributed by atoms with Gasteiger partial charge in [-0.1, -0.05) is 116 Å². The summed E-state index contributed by atoms with van der Waals surface area (Å²) in [5, 5.41) is 3.62. The topological polar surface area (TPSA) is 24.9 Å². The van der Waals surface area contributed by atoms with Crippen molar-refractivity contribution in [3.63, 3.8) is 0 Å². The van der Waals surface area contributed by atoms with Crippen molar-refractivity contribution in [2.24, 2.45) is 0 Å². The molecule has 0 amide bonds. The van der Waals surface area contributed by atoms with Crippen molar-refractivity contribution in [1.29, 1.82) is 0 Å². The summed E-state index contributed by atoms with van der Waals surface area (Å²) >= 11 is 0. The Balaban J connectivity index is 1.22. The molecule has 276 valence electrons. The van der Waals surface area contributed by atoms with Crippen LogP contribution in [0.2, 0.25) is 19.6 Å². The number of nitrogens with zero attached hydrogens (tertiary/aromatic N) is 2. The highest BCUT2D eigenvalue weighted by Crippen LogP contribution is 2.45. The lowest BCUT2D eigenvalue weighted by Gasteiger charge is -2.37. The van der Waals surface area contributed by atoms with Crippen LogP contribution in [0, 0.1) is 13.8 Å². The molecule has 8 aromatic rings. The van der Waals surface area contributed by atoms with Crippen LogP contribution in [0.25, 0.3) is 10.8 Å². The predicted octanol–water partition coefficient (Wildman–Crippen LogP) is 11.7. The first-order valence-corrected chi connectivity index (χ1v) is 23.3. The van der Waals surface area contributed by atoms with Crippen LogP contribution >= 0.6 is 0 Å². The first kappa shape index (κ1) is 35.0. The zero-order chi connectivity index (χ0) is 38.8. The Morgan fingerprint density at radius 3 is 1.51 bits per heavy atom. The third kappa shape index (κ3) is 6.08. The van der Waals surface area contributed by atoms with Crippen molar-refractivity contribution in [2.75, 3.05) is 9.80 Å². The van der Waals surface area contributed by atoms with Crippen molar-refractivity contribution in [3.05, 3.63) is 181 Å². The molecule has 0 saturated heterocycles. The molecule has 10 rings (SSSR count). The van der Waals surface area contributed by atoms with E-state index in [4.69, 9.17) is 9.47 Å². The normalized spacial score (nSPS) is 12.5. The molecule has 2 aliphatic heterocycles. The zero-order valence-corrected chi connectivity index (χ0v) is 34.0. The molecule has 2 aliphatic rings. The van der Waals surface area contributed by atoms with Gasteiger partial charge in [-0.15, -0.1) is 0 Å². The minimum atomic E-state index is -1.79. The second-order valence-electron chi connectivity index (χ2n) is 16.4. The molecule has 0 aliphatic carbocycles. The molecule has 4 nitrogen and oxygen atoms in total. The Hall–Kier alpha value is -6.50.